The van der Waals surface area contributed by atoms with E-state index in [9.17, 15) is 4.79 Å². The summed E-state index contributed by atoms with van der Waals surface area (Å²) >= 11 is 1.85. The van der Waals surface area contributed by atoms with Crippen LogP contribution in [0.4, 0.5) is 0 Å². The van der Waals surface area contributed by atoms with Crippen LogP contribution < -0.4 is 5.32 Å². The van der Waals surface area contributed by atoms with Crippen molar-refractivity contribution in [1.82, 2.24) is 20.0 Å². The number of thioether (sulfide) groups is 1. The van der Waals surface area contributed by atoms with Crippen molar-refractivity contribution in [2.24, 2.45) is 10.9 Å². The molecule has 2 atom stereocenters. The van der Waals surface area contributed by atoms with E-state index in [0.29, 0.717) is 0 Å². The summed E-state index contributed by atoms with van der Waals surface area (Å²) in [6.45, 7) is 4.42. The molecule has 1 saturated carbocycles. The van der Waals surface area contributed by atoms with E-state index in [1.54, 1.807) is 19.0 Å². The molecule has 4 rings (SSSR count). The largest absolute Gasteiger partial charge is 0.355 e. The quantitative estimate of drug-likeness (QED) is 0.179. The number of halogens is 1. The van der Waals surface area contributed by atoms with Gasteiger partial charge in [0.2, 0.25) is 5.91 Å². The minimum Gasteiger partial charge on any atom is -0.355 e. The Balaban J connectivity index is 0.00000289. The minimum atomic E-state index is 0. The average molecular weight is 572 g/mol. The van der Waals surface area contributed by atoms with Gasteiger partial charge in [-0.25, -0.2) is 4.99 Å². The molecule has 1 N–H and O–H groups in total. The zero-order valence-electron chi connectivity index (χ0n) is 19.4. The molecule has 0 aromatic heterocycles. The third kappa shape index (κ3) is 7.00. The summed E-state index contributed by atoms with van der Waals surface area (Å²) in [6, 6.07) is 12.1. The van der Waals surface area contributed by atoms with E-state index in [-0.39, 0.29) is 36.4 Å². The van der Waals surface area contributed by atoms with Gasteiger partial charge in [0.05, 0.1) is 0 Å². The van der Waals surface area contributed by atoms with Crippen molar-refractivity contribution in [3.63, 3.8) is 0 Å². The second kappa shape index (κ2) is 12.5. The van der Waals surface area contributed by atoms with Crippen LogP contribution in [0.25, 0.3) is 0 Å². The number of nitrogens with zero attached hydrogens (tertiary/aromatic N) is 4. The third-order valence-electron chi connectivity index (χ3n) is 6.69. The fraction of sp³-hybridized carbons (Fsp3) is 0.667. The van der Waals surface area contributed by atoms with Gasteiger partial charge < -0.3 is 15.1 Å². The standard InChI is InChI=1S/C24H37N5OS.HI/c1-27(2)23(30)17-26-24(25-13-16-31-21-8-4-3-5-9-21)28-15-12-22-19(18-28)7-6-14-29(22)20-10-11-20;/h3-5,8-9,19-20,22H,6-7,10-18H2,1-2H3,(H,25,26);1H. The van der Waals surface area contributed by atoms with Gasteiger partial charge in [-0.05, 0) is 56.7 Å². The molecule has 2 heterocycles. The number of nitrogens with one attached hydrogen (secondary N) is 1. The minimum absolute atomic E-state index is 0. The summed E-state index contributed by atoms with van der Waals surface area (Å²) in [5.41, 5.74) is 0. The van der Waals surface area contributed by atoms with Crippen molar-refractivity contribution in [2.75, 3.05) is 52.6 Å². The number of benzene rings is 1. The Bertz CT molecular complexity index is 758. The monoisotopic (exact) mass is 571 g/mol. The topological polar surface area (TPSA) is 51.2 Å². The van der Waals surface area contributed by atoms with Crippen molar-refractivity contribution in [3.8, 4) is 0 Å². The van der Waals surface area contributed by atoms with Gasteiger partial charge in [0.25, 0.3) is 0 Å². The molecule has 2 saturated heterocycles. The number of guanidine groups is 1. The molecule has 32 heavy (non-hydrogen) atoms. The first-order valence-electron chi connectivity index (χ1n) is 11.8. The zero-order valence-corrected chi connectivity index (χ0v) is 22.6. The van der Waals surface area contributed by atoms with Gasteiger partial charge in [0, 0.05) is 56.5 Å². The average Bonchev–Trinajstić information content (AvgIpc) is 3.63. The summed E-state index contributed by atoms with van der Waals surface area (Å²) in [4.78, 5) is 25.0. The highest BCUT2D eigenvalue weighted by atomic mass is 127. The molecule has 1 aromatic rings. The third-order valence-corrected chi connectivity index (χ3v) is 7.70. The van der Waals surface area contributed by atoms with Gasteiger partial charge in [-0.3, -0.25) is 9.69 Å². The van der Waals surface area contributed by atoms with Crippen LogP contribution in [0, 0.1) is 5.92 Å². The number of carbonyl (C=O) groups is 1. The van der Waals surface area contributed by atoms with Crippen LogP contribution >= 0.6 is 35.7 Å². The molecule has 1 amide bonds. The van der Waals surface area contributed by atoms with Gasteiger partial charge in [0.15, 0.2) is 5.96 Å². The molecule has 178 valence electrons. The molecule has 2 unspecified atom stereocenters. The summed E-state index contributed by atoms with van der Waals surface area (Å²) in [7, 11) is 3.59. The van der Waals surface area contributed by atoms with Crippen molar-refractivity contribution in [2.45, 2.75) is 49.1 Å². The maximum Gasteiger partial charge on any atom is 0.243 e. The van der Waals surface area contributed by atoms with E-state index in [1.165, 1.54) is 43.5 Å². The van der Waals surface area contributed by atoms with Gasteiger partial charge in [-0.1, -0.05) is 18.2 Å². The molecule has 1 aliphatic carbocycles. The molecule has 6 nitrogen and oxygen atoms in total. The van der Waals surface area contributed by atoms with Crippen LogP contribution in [0.5, 0.6) is 0 Å². The van der Waals surface area contributed by atoms with Crippen LogP contribution in [0.3, 0.4) is 0 Å². The molecule has 2 aliphatic heterocycles. The Hall–Kier alpha value is -1.000. The predicted octanol–water partition coefficient (Wildman–Crippen LogP) is 3.38. The summed E-state index contributed by atoms with van der Waals surface area (Å²) < 4.78 is 0. The van der Waals surface area contributed by atoms with E-state index in [2.05, 4.69) is 39.4 Å². The smallest absolute Gasteiger partial charge is 0.243 e. The summed E-state index contributed by atoms with van der Waals surface area (Å²) in [5, 5.41) is 3.57. The number of amides is 1. The molecule has 0 radical (unpaired) electrons. The zero-order chi connectivity index (χ0) is 21.6. The number of carbonyl (C=O) groups excluding carboxylic acids is 1. The van der Waals surface area contributed by atoms with Gasteiger partial charge in [0.1, 0.15) is 6.54 Å². The predicted molar refractivity (Wildman–Crippen MR) is 144 cm³/mol. The Kier molecular flexibility index (Phi) is 9.98. The number of hydrogen-bond acceptors (Lipinski definition) is 4. The van der Waals surface area contributed by atoms with Crippen molar-refractivity contribution >= 4 is 47.6 Å². The lowest BCUT2D eigenvalue weighted by molar-refractivity contribution is -0.127. The van der Waals surface area contributed by atoms with Crippen molar-refractivity contribution < 1.29 is 4.79 Å². The van der Waals surface area contributed by atoms with Crippen LogP contribution in [0.15, 0.2) is 40.2 Å². The van der Waals surface area contributed by atoms with Crippen LogP contribution in [0.2, 0.25) is 0 Å². The Morgan fingerprint density at radius 2 is 1.94 bits per heavy atom. The second-order valence-corrected chi connectivity index (χ2v) is 10.4. The Morgan fingerprint density at radius 1 is 1.16 bits per heavy atom. The maximum absolute atomic E-state index is 12.2. The first kappa shape index (κ1) is 25.6. The normalized spacial score (nSPS) is 23.8. The highest BCUT2D eigenvalue weighted by molar-refractivity contribution is 14.0. The first-order chi connectivity index (χ1) is 15.1. The molecular weight excluding hydrogens is 533 g/mol. The molecule has 3 aliphatic rings. The number of piperidine rings is 2. The number of fused-ring (bicyclic) bond motifs is 1. The van der Waals surface area contributed by atoms with E-state index in [0.717, 1.165) is 49.3 Å². The highest BCUT2D eigenvalue weighted by Crippen LogP contribution is 2.38. The Labute approximate surface area is 214 Å². The lowest BCUT2D eigenvalue weighted by Gasteiger charge is -2.48. The first-order valence-corrected chi connectivity index (χ1v) is 12.8. The molecule has 1 aromatic carbocycles. The second-order valence-electron chi connectivity index (χ2n) is 9.19. The fourth-order valence-corrected chi connectivity index (χ4v) is 5.68. The lowest BCUT2D eigenvalue weighted by atomic mass is 9.83. The fourth-order valence-electron chi connectivity index (χ4n) is 4.89. The van der Waals surface area contributed by atoms with E-state index < -0.39 is 0 Å². The van der Waals surface area contributed by atoms with E-state index in [1.807, 2.05) is 17.8 Å². The number of likely N-dealkylation sites (N-methyl/N-ethyl adjacent to an activating group) is 1. The van der Waals surface area contributed by atoms with E-state index >= 15 is 0 Å². The maximum atomic E-state index is 12.2. The SMILES string of the molecule is CN(C)C(=O)CN=C(NCCSc1ccccc1)N1CCC2C(CCCN2C2CC2)C1.I. The van der Waals surface area contributed by atoms with Crippen molar-refractivity contribution in [1.29, 1.82) is 0 Å². The van der Waals surface area contributed by atoms with Gasteiger partial charge in [-0.2, -0.15) is 0 Å². The lowest BCUT2D eigenvalue weighted by Crippen LogP contribution is -2.57. The number of rotatable bonds is 7. The molecule has 8 heteroatoms. The number of hydrogen-bond donors (Lipinski definition) is 1. The number of aliphatic imine (C=N–C) groups is 1. The van der Waals surface area contributed by atoms with Gasteiger partial charge >= 0.3 is 0 Å². The van der Waals surface area contributed by atoms with E-state index in [4.69, 9.17) is 4.99 Å². The molecule has 3 fully saturated rings. The van der Waals surface area contributed by atoms with Crippen LogP contribution in [-0.4, -0.2) is 91.2 Å². The van der Waals surface area contributed by atoms with Crippen LogP contribution in [0.1, 0.15) is 32.1 Å². The van der Waals surface area contributed by atoms with Crippen molar-refractivity contribution in [3.05, 3.63) is 30.3 Å². The molecule has 0 bridgehead atoms. The van der Waals surface area contributed by atoms with Crippen LogP contribution in [-0.2, 0) is 4.79 Å². The molecule has 0 spiro atoms. The summed E-state index contributed by atoms with van der Waals surface area (Å²) in [6.07, 6.45) is 6.64. The Morgan fingerprint density at radius 3 is 2.66 bits per heavy atom. The molecular formula is C24H38IN5OS. The number of likely N-dealkylation sites (tertiary alicyclic amines) is 2. The van der Waals surface area contributed by atoms with Gasteiger partial charge in [-0.15, -0.1) is 35.7 Å². The highest BCUT2D eigenvalue weighted by Gasteiger charge is 2.42. The summed E-state index contributed by atoms with van der Waals surface area (Å²) in [5.74, 6) is 2.65.